The highest BCUT2D eigenvalue weighted by atomic mass is 15.0. The summed E-state index contributed by atoms with van der Waals surface area (Å²) in [6, 6.07) is 0.677. The van der Waals surface area contributed by atoms with Crippen molar-refractivity contribution in [3.63, 3.8) is 0 Å². The van der Waals surface area contributed by atoms with Crippen LogP contribution >= 0.6 is 0 Å². The van der Waals surface area contributed by atoms with E-state index < -0.39 is 0 Å². The first-order valence-corrected chi connectivity index (χ1v) is 5.98. The summed E-state index contributed by atoms with van der Waals surface area (Å²) < 4.78 is 0. The Balaban J connectivity index is 2.62. The van der Waals surface area contributed by atoms with Crippen LogP contribution in [0, 0.1) is 11.3 Å². The third-order valence-corrected chi connectivity index (χ3v) is 3.14. The summed E-state index contributed by atoms with van der Waals surface area (Å²) in [6.07, 6.45) is 4.28. The van der Waals surface area contributed by atoms with Crippen LogP contribution in [0.5, 0.6) is 0 Å². The second-order valence-electron chi connectivity index (χ2n) is 6.93. The molecule has 0 aromatic heterocycles. The van der Waals surface area contributed by atoms with Crippen LogP contribution in [0.2, 0.25) is 0 Å². The van der Waals surface area contributed by atoms with Gasteiger partial charge in [-0.25, -0.2) is 0 Å². The monoisotopic (exact) mass is 197 g/mol. The van der Waals surface area contributed by atoms with Crippen molar-refractivity contribution >= 4 is 0 Å². The summed E-state index contributed by atoms with van der Waals surface area (Å²) in [5.41, 5.74) is 0.631. The van der Waals surface area contributed by atoms with Crippen LogP contribution in [0.3, 0.4) is 0 Å². The van der Waals surface area contributed by atoms with Crippen molar-refractivity contribution < 1.29 is 0 Å². The summed E-state index contributed by atoms with van der Waals surface area (Å²) in [4.78, 5) is 0. The Morgan fingerprint density at radius 2 is 1.50 bits per heavy atom. The van der Waals surface area contributed by atoms with Crippen LogP contribution in [0.25, 0.3) is 0 Å². The van der Waals surface area contributed by atoms with Gasteiger partial charge in [0.25, 0.3) is 0 Å². The van der Waals surface area contributed by atoms with Crippen molar-refractivity contribution in [3.8, 4) is 0 Å². The molecule has 1 rings (SSSR count). The highest BCUT2D eigenvalue weighted by molar-refractivity contribution is 4.93. The Kier molecular flexibility index (Phi) is 3.30. The molecule has 1 heteroatoms. The van der Waals surface area contributed by atoms with E-state index in [4.69, 9.17) is 0 Å². The molecule has 0 saturated heterocycles. The van der Waals surface area contributed by atoms with Crippen molar-refractivity contribution in [1.82, 2.24) is 5.32 Å². The van der Waals surface area contributed by atoms with Gasteiger partial charge in [-0.1, -0.05) is 27.2 Å². The van der Waals surface area contributed by atoms with Gasteiger partial charge >= 0.3 is 0 Å². The Bertz CT molecular complexity index is 178. The fraction of sp³-hybridized carbons (Fsp3) is 1.00. The van der Waals surface area contributed by atoms with Gasteiger partial charge in [-0.05, 0) is 44.9 Å². The maximum atomic E-state index is 3.80. The number of hydrogen-bond donors (Lipinski definition) is 1. The molecule has 0 aromatic rings. The van der Waals surface area contributed by atoms with Crippen molar-refractivity contribution in [1.29, 1.82) is 0 Å². The molecule has 1 aliphatic rings. The van der Waals surface area contributed by atoms with Gasteiger partial charge in [-0.3, -0.25) is 0 Å². The summed E-state index contributed by atoms with van der Waals surface area (Å²) in [5, 5.41) is 3.80. The Morgan fingerprint density at radius 3 is 1.71 bits per heavy atom. The lowest BCUT2D eigenvalue weighted by molar-refractivity contribution is 0.106. The molecule has 84 valence electrons. The summed E-state index contributed by atoms with van der Waals surface area (Å²) in [5.74, 6) is 0.911. The van der Waals surface area contributed by atoms with E-state index in [0.29, 0.717) is 11.5 Å². The van der Waals surface area contributed by atoms with Gasteiger partial charge in [0, 0.05) is 11.6 Å². The minimum Gasteiger partial charge on any atom is -0.309 e. The van der Waals surface area contributed by atoms with Gasteiger partial charge in [0.1, 0.15) is 0 Å². The van der Waals surface area contributed by atoms with Crippen molar-refractivity contribution in [2.75, 3.05) is 0 Å². The zero-order valence-electron chi connectivity index (χ0n) is 10.8. The summed E-state index contributed by atoms with van der Waals surface area (Å²) in [6.45, 7) is 13.9. The molecule has 0 bridgehead atoms. The lowest BCUT2D eigenvalue weighted by Crippen LogP contribution is -2.54. The fourth-order valence-electron chi connectivity index (χ4n) is 2.28. The molecule has 1 nitrogen and oxygen atoms in total. The molecule has 1 fully saturated rings. The Hall–Kier alpha value is -0.0400. The first-order valence-electron chi connectivity index (χ1n) is 5.98. The highest BCUT2D eigenvalue weighted by Gasteiger charge is 2.37. The minimum absolute atomic E-state index is 0.244. The van der Waals surface area contributed by atoms with E-state index >= 15 is 0 Å². The van der Waals surface area contributed by atoms with E-state index in [1.54, 1.807) is 0 Å². The molecular weight excluding hydrogens is 170 g/mol. The molecule has 0 aliphatic heterocycles. The van der Waals surface area contributed by atoms with E-state index in [9.17, 15) is 0 Å². The number of nitrogens with one attached hydrogen (secondary N) is 1. The molecular formula is C13H27N. The van der Waals surface area contributed by atoms with Crippen LogP contribution in [0.4, 0.5) is 0 Å². The average Bonchev–Trinajstić information content (AvgIpc) is 1.76. The smallest absolute Gasteiger partial charge is 0.0149 e. The third-order valence-electron chi connectivity index (χ3n) is 3.14. The lowest BCUT2D eigenvalue weighted by atomic mass is 9.69. The zero-order chi connectivity index (χ0) is 11.0. The molecule has 0 heterocycles. The molecule has 0 spiro atoms. The van der Waals surface area contributed by atoms with Crippen molar-refractivity contribution in [2.45, 2.75) is 72.4 Å². The van der Waals surface area contributed by atoms with E-state index in [2.05, 4.69) is 46.9 Å². The van der Waals surface area contributed by atoms with E-state index in [-0.39, 0.29) is 5.54 Å². The first kappa shape index (κ1) is 12.0. The molecule has 1 unspecified atom stereocenters. The zero-order valence-corrected chi connectivity index (χ0v) is 10.8. The van der Waals surface area contributed by atoms with E-state index in [1.807, 2.05) is 0 Å². The maximum absolute atomic E-state index is 3.80. The minimum atomic E-state index is 0.244. The molecule has 0 amide bonds. The lowest BCUT2D eigenvalue weighted by Gasteiger charge is -2.45. The Morgan fingerprint density at radius 1 is 1.00 bits per heavy atom. The second kappa shape index (κ2) is 3.84. The van der Waals surface area contributed by atoms with Gasteiger partial charge in [0.05, 0.1) is 0 Å². The summed E-state index contributed by atoms with van der Waals surface area (Å²) in [7, 11) is 0. The second-order valence-corrected chi connectivity index (χ2v) is 6.93. The van der Waals surface area contributed by atoms with Crippen LogP contribution in [-0.4, -0.2) is 11.6 Å². The molecule has 1 N–H and O–H groups in total. The largest absolute Gasteiger partial charge is 0.309 e. The van der Waals surface area contributed by atoms with E-state index in [1.165, 1.54) is 19.3 Å². The van der Waals surface area contributed by atoms with Gasteiger partial charge in [-0.2, -0.15) is 0 Å². The molecule has 14 heavy (non-hydrogen) atoms. The quantitative estimate of drug-likeness (QED) is 0.713. The van der Waals surface area contributed by atoms with Gasteiger partial charge < -0.3 is 5.32 Å². The van der Waals surface area contributed by atoms with Crippen molar-refractivity contribution in [3.05, 3.63) is 0 Å². The number of hydrogen-bond acceptors (Lipinski definition) is 1. The standard InChI is InChI=1S/C13H27N/c1-12(2,3)11(10-8-7-9-10)14-13(4,5)6/h10-11,14H,7-9H2,1-6H3. The molecule has 0 radical (unpaired) electrons. The third kappa shape index (κ3) is 3.27. The van der Waals surface area contributed by atoms with Crippen molar-refractivity contribution in [2.24, 2.45) is 11.3 Å². The first-order chi connectivity index (χ1) is 6.20. The molecule has 1 aliphatic carbocycles. The van der Waals surface area contributed by atoms with Crippen LogP contribution in [0.1, 0.15) is 60.8 Å². The van der Waals surface area contributed by atoms with Gasteiger partial charge in [0.15, 0.2) is 0 Å². The van der Waals surface area contributed by atoms with Gasteiger partial charge in [-0.15, -0.1) is 0 Å². The topological polar surface area (TPSA) is 12.0 Å². The fourth-order valence-corrected chi connectivity index (χ4v) is 2.28. The van der Waals surface area contributed by atoms with Crippen LogP contribution in [-0.2, 0) is 0 Å². The molecule has 1 saturated carbocycles. The predicted molar refractivity (Wildman–Crippen MR) is 63.5 cm³/mol. The van der Waals surface area contributed by atoms with Crippen LogP contribution < -0.4 is 5.32 Å². The number of rotatable bonds is 2. The average molecular weight is 197 g/mol. The normalized spacial score (nSPS) is 21.9. The SMILES string of the molecule is CC(C)(C)NC(C1CCC1)C(C)(C)C. The molecule has 1 atom stereocenters. The van der Waals surface area contributed by atoms with Crippen LogP contribution in [0.15, 0.2) is 0 Å². The Labute approximate surface area is 89.7 Å². The predicted octanol–water partition coefficient (Wildman–Crippen LogP) is 3.59. The highest BCUT2D eigenvalue weighted by Crippen LogP contribution is 2.38. The summed E-state index contributed by atoms with van der Waals surface area (Å²) >= 11 is 0. The van der Waals surface area contributed by atoms with E-state index in [0.717, 1.165) is 5.92 Å². The molecule has 0 aromatic carbocycles. The maximum Gasteiger partial charge on any atom is 0.0149 e. The van der Waals surface area contributed by atoms with Gasteiger partial charge in [0.2, 0.25) is 0 Å².